The van der Waals surface area contributed by atoms with Gasteiger partial charge in [0.15, 0.2) is 14.8 Å². The zero-order valence-electron chi connectivity index (χ0n) is 7.39. The summed E-state index contributed by atoms with van der Waals surface area (Å²) in [5.41, 5.74) is -0.0245. The molecule has 0 fully saturated rings. The van der Waals surface area contributed by atoms with Gasteiger partial charge in [0.25, 0.3) is 0 Å². The SMILES string of the molecule is CC(C)(C)O[SiH2]CCC(O)=S. The van der Waals surface area contributed by atoms with Crippen LogP contribution in [0.4, 0.5) is 0 Å². The Hall–Kier alpha value is 0.0669. The average Bonchev–Trinajstić information content (AvgIpc) is 1.78. The van der Waals surface area contributed by atoms with Crippen LogP contribution in [0.5, 0.6) is 0 Å². The van der Waals surface area contributed by atoms with Gasteiger partial charge >= 0.3 is 0 Å². The van der Waals surface area contributed by atoms with Crippen molar-refractivity contribution in [1.29, 1.82) is 0 Å². The van der Waals surface area contributed by atoms with E-state index in [-0.39, 0.29) is 10.7 Å². The maximum absolute atomic E-state index is 8.68. The summed E-state index contributed by atoms with van der Waals surface area (Å²) in [7, 11) is -0.483. The van der Waals surface area contributed by atoms with Crippen molar-refractivity contribution in [3.8, 4) is 0 Å². The minimum atomic E-state index is -0.483. The van der Waals surface area contributed by atoms with Crippen molar-refractivity contribution in [2.75, 3.05) is 0 Å². The van der Waals surface area contributed by atoms with E-state index < -0.39 is 9.76 Å². The van der Waals surface area contributed by atoms with Gasteiger partial charge in [-0.3, -0.25) is 0 Å². The van der Waals surface area contributed by atoms with E-state index in [1.54, 1.807) is 0 Å². The molecule has 0 bridgehead atoms. The Bertz CT molecular complexity index is 131. The molecule has 1 N–H and O–H groups in total. The van der Waals surface area contributed by atoms with Crippen molar-refractivity contribution < 1.29 is 9.53 Å². The minimum absolute atomic E-state index is 0.0245. The summed E-state index contributed by atoms with van der Waals surface area (Å²) in [6.45, 7) is 6.12. The molecule has 0 unspecified atom stereocenters. The number of hydrogen-bond donors (Lipinski definition) is 1. The first kappa shape index (κ1) is 11.1. The predicted octanol–water partition coefficient (Wildman–Crippen LogP) is 1.58. The quantitative estimate of drug-likeness (QED) is 0.416. The Kier molecular flexibility index (Phi) is 4.88. The fraction of sp³-hybridized carbons (Fsp3) is 0.857. The Morgan fingerprint density at radius 1 is 1.55 bits per heavy atom. The van der Waals surface area contributed by atoms with Gasteiger partial charge in [-0.25, -0.2) is 0 Å². The third-order valence-corrected chi connectivity index (χ3v) is 2.99. The molecule has 0 aliphatic rings. The summed E-state index contributed by atoms with van der Waals surface area (Å²) in [6, 6.07) is 0.937. The second-order valence-electron chi connectivity index (χ2n) is 3.46. The molecule has 0 amide bonds. The van der Waals surface area contributed by atoms with Crippen LogP contribution in [0.15, 0.2) is 0 Å². The molecular formula is C7H16O2SSi. The predicted molar refractivity (Wildman–Crippen MR) is 54.0 cm³/mol. The monoisotopic (exact) mass is 192 g/mol. The van der Waals surface area contributed by atoms with E-state index in [0.717, 1.165) is 6.04 Å². The van der Waals surface area contributed by atoms with Crippen molar-refractivity contribution >= 4 is 27.0 Å². The molecule has 0 aromatic carbocycles. The summed E-state index contributed by atoms with van der Waals surface area (Å²) < 4.78 is 5.55. The van der Waals surface area contributed by atoms with Crippen molar-refractivity contribution in [3.63, 3.8) is 0 Å². The maximum atomic E-state index is 8.68. The second-order valence-corrected chi connectivity index (χ2v) is 5.33. The molecule has 0 saturated carbocycles. The number of hydrogen-bond acceptors (Lipinski definition) is 2. The lowest BCUT2D eigenvalue weighted by Gasteiger charge is -2.19. The van der Waals surface area contributed by atoms with Crippen LogP contribution in [-0.4, -0.2) is 25.5 Å². The van der Waals surface area contributed by atoms with Crippen LogP contribution in [0.25, 0.3) is 0 Å². The Balaban J connectivity index is 3.22. The lowest BCUT2D eigenvalue weighted by atomic mass is 10.2. The van der Waals surface area contributed by atoms with Gasteiger partial charge in [-0.2, -0.15) is 0 Å². The topological polar surface area (TPSA) is 29.5 Å². The van der Waals surface area contributed by atoms with Gasteiger partial charge in [-0.1, -0.05) is 0 Å². The smallest absolute Gasteiger partial charge is 0.162 e. The zero-order valence-corrected chi connectivity index (χ0v) is 9.62. The summed E-state index contributed by atoms with van der Waals surface area (Å²) >= 11 is 4.52. The van der Waals surface area contributed by atoms with Gasteiger partial charge in [0, 0.05) is 12.0 Å². The van der Waals surface area contributed by atoms with Crippen LogP contribution in [0.1, 0.15) is 27.2 Å². The molecule has 0 heterocycles. The third-order valence-electron chi connectivity index (χ3n) is 1.07. The lowest BCUT2D eigenvalue weighted by molar-refractivity contribution is 0.138. The molecule has 66 valence electrons. The highest BCUT2D eigenvalue weighted by Crippen LogP contribution is 2.06. The second kappa shape index (κ2) is 4.85. The molecule has 2 nitrogen and oxygen atoms in total. The van der Waals surface area contributed by atoms with E-state index in [2.05, 4.69) is 12.2 Å². The van der Waals surface area contributed by atoms with E-state index in [4.69, 9.17) is 9.53 Å². The van der Waals surface area contributed by atoms with Gasteiger partial charge in [0.05, 0.1) is 0 Å². The molecule has 0 atom stereocenters. The Labute approximate surface area is 75.9 Å². The molecule has 0 aliphatic carbocycles. The molecule has 0 aliphatic heterocycles. The highest BCUT2D eigenvalue weighted by molar-refractivity contribution is 7.80. The molecule has 11 heavy (non-hydrogen) atoms. The molecule has 0 radical (unpaired) electrons. The highest BCUT2D eigenvalue weighted by atomic mass is 32.1. The molecule has 0 rings (SSSR count). The largest absolute Gasteiger partial charge is 0.502 e. The van der Waals surface area contributed by atoms with Gasteiger partial charge in [-0.15, -0.1) is 0 Å². The van der Waals surface area contributed by atoms with Crippen molar-refractivity contribution in [3.05, 3.63) is 0 Å². The molecular weight excluding hydrogens is 176 g/mol. The zero-order chi connectivity index (χ0) is 8.91. The van der Waals surface area contributed by atoms with E-state index in [9.17, 15) is 0 Å². The molecule has 4 heteroatoms. The lowest BCUT2D eigenvalue weighted by Crippen LogP contribution is -2.21. The summed E-state index contributed by atoms with van der Waals surface area (Å²) in [4.78, 5) is 0. The molecule has 0 spiro atoms. The van der Waals surface area contributed by atoms with Gasteiger partial charge in [0.2, 0.25) is 0 Å². The normalized spacial score (nSPS) is 12.6. The van der Waals surface area contributed by atoms with E-state index >= 15 is 0 Å². The summed E-state index contributed by atoms with van der Waals surface area (Å²) in [6.07, 6.45) is 0.623. The van der Waals surface area contributed by atoms with Crippen LogP contribution >= 0.6 is 12.2 Å². The van der Waals surface area contributed by atoms with Crippen molar-refractivity contribution in [2.24, 2.45) is 0 Å². The van der Waals surface area contributed by atoms with E-state index in [1.165, 1.54) is 0 Å². The van der Waals surface area contributed by atoms with E-state index in [0.29, 0.717) is 6.42 Å². The first-order valence-electron chi connectivity index (χ1n) is 3.77. The highest BCUT2D eigenvalue weighted by Gasteiger charge is 2.08. The number of thiocarbonyl (C=S) groups is 1. The van der Waals surface area contributed by atoms with Crippen LogP contribution in [-0.2, 0) is 4.43 Å². The first-order chi connectivity index (χ1) is 4.92. The fourth-order valence-corrected chi connectivity index (χ4v) is 2.24. The summed E-state index contributed by atoms with van der Waals surface area (Å²) in [5, 5.41) is 8.79. The number of aliphatic hydroxyl groups excluding tert-OH is 1. The molecule has 0 aromatic heterocycles. The average molecular weight is 192 g/mol. The first-order valence-corrected chi connectivity index (χ1v) is 5.76. The summed E-state index contributed by atoms with van der Waals surface area (Å²) in [5.74, 6) is 0. The van der Waals surface area contributed by atoms with Gasteiger partial charge in [-0.05, 0) is 39.0 Å². The Morgan fingerprint density at radius 2 is 2.09 bits per heavy atom. The Morgan fingerprint density at radius 3 is 2.45 bits per heavy atom. The molecule has 0 aromatic rings. The van der Waals surface area contributed by atoms with Crippen LogP contribution in [0.2, 0.25) is 6.04 Å². The van der Waals surface area contributed by atoms with Crippen LogP contribution in [0, 0.1) is 0 Å². The minimum Gasteiger partial charge on any atom is -0.502 e. The standard InChI is InChI=1S/C7H16O2SSi/c1-7(2,3)9-11-5-4-6(8)10/h4-5,11H2,1-3H3,(H,8,10). The van der Waals surface area contributed by atoms with Crippen LogP contribution in [0.3, 0.4) is 0 Å². The van der Waals surface area contributed by atoms with Gasteiger partial charge < -0.3 is 9.53 Å². The third kappa shape index (κ3) is 10.1. The molecule has 0 saturated heterocycles. The van der Waals surface area contributed by atoms with Crippen molar-refractivity contribution in [2.45, 2.75) is 38.8 Å². The van der Waals surface area contributed by atoms with Gasteiger partial charge in [0.1, 0.15) is 0 Å². The maximum Gasteiger partial charge on any atom is 0.162 e. The fourth-order valence-electron chi connectivity index (χ4n) is 0.602. The van der Waals surface area contributed by atoms with Crippen LogP contribution < -0.4 is 0 Å². The van der Waals surface area contributed by atoms with Crippen molar-refractivity contribution in [1.82, 2.24) is 0 Å². The van der Waals surface area contributed by atoms with E-state index in [1.807, 2.05) is 20.8 Å². The number of rotatable bonds is 4. The number of aliphatic hydroxyl groups is 1.